The minimum absolute atomic E-state index is 0.0366. The van der Waals surface area contributed by atoms with Crippen LogP contribution in [0.3, 0.4) is 0 Å². The highest BCUT2D eigenvalue weighted by Crippen LogP contribution is 2.61. The van der Waals surface area contributed by atoms with Crippen molar-refractivity contribution in [2.45, 2.75) is 31.6 Å². The SMILES string of the molecule is CCOC(=O)C1C[C@@]12CCc1c[nH]c(=O)cc12. The van der Waals surface area contributed by atoms with E-state index in [1.165, 1.54) is 5.56 Å². The van der Waals surface area contributed by atoms with Crippen LogP contribution in [0.1, 0.15) is 30.9 Å². The first-order chi connectivity index (χ1) is 8.17. The molecule has 0 aromatic carbocycles. The fourth-order valence-corrected chi connectivity index (χ4v) is 3.10. The van der Waals surface area contributed by atoms with Gasteiger partial charge in [-0.05, 0) is 37.3 Å². The van der Waals surface area contributed by atoms with Crippen LogP contribution in [0.25, 0.3) is 0 Å². The van der Waals surface area contributed by atoms with Gasteiger partial charge in [-0.25, -0.2) is 0 Å². The summed E-state index contributed by atoms with van der Waals surface area (Å²) in [6, 6.07) is 1.65. The number of ether oxygens (including phenoxy) is 1. The van der Waals surface area contributed by atoms with Crippen LogP contribution in [0.4, 0.5) is 0 Å². The van der Waals surface area contributed by atoms with Crippen molar-refractivity contribution in [2.24, 2.45) is 5.92 Å². The van der Waals surface area contributed by atoms with E-state index in [0.717, 1.165) is 24.8 Å². The minimum Gasteiger partial charge on any atom is -0.466 e. The van der Waals surface area contributed by atoms with Crippen LogP contribution < -0.4 is 5.56 Å². The van der Waals surface area contributed by atoms with Crippen molar-refractivity contribution >= 4 is 5.97 Å². The summed E-state index contributed by atoms with van der Waals surface area (Å²) in [6.07, 6.45) is 4.53. The van der Waals surface area contributed by atoms with Crippen LogP contribution in [-0.2, 0) is 21.4 Å². The van der Waals surface area contributed by atoms with Gasteiger partial charge in [-0.1, -0.05) is 0 Å². The Morgan fingerprint density at radius 1 is 1.65 bits per heavy atom. The van der Waals surface area contributed by atoms with Gasteiger partial charge in [0.05, 0.1) is 12.5 Å². The number of pyridine rings is 1. The van der Waals surface area contributed by atoms with Crippen LogP contribution in [-0.4, -0.2) is 17.6 Å². The molecule has 1 N–H and O–H groups in total. The largest absolute Gasteiger partial charge is 0.466 e. The Bertz CT molecular complexity index is 534. The first-order valence-electron chi connectivity index (χ1n) is 6.06. The Morgan fingerprint density at radius 2 is 2.47 bits per heavy atom. The molecule has 4 heteroatoms. The topological polar surface area (TPSA) is 59.2 Å². The number of aromatic nitrogens is 1. The Hall–Kier alpha value is -1.58. The van der Waals surface area contributed by atoms with Gasteiger partial charge in [-0.3, -0.25) is 9.59 Å². The first kappa shape index (κ1) is 10.6. The zero-order valence-electron chi connectivity index (χ0n) is 9.79. The molecular weight excluding hydrogens is 218 g/mol. The van der Waals surface area contributed by atoms with Crippen molar-refractivity contribution in [3.63, 3.8) is 0 Å². The lowest BCUT2D eigenvalue weighted by atomic mass is 9.96. The van der Waals surface area contributed by atoms with Crippen molar-refractivity contribution in [1.29, 1.82) is 0 Å². The molecule has 2 atom stereocenters. The third-order valence-electron chi connectivity index (χ3n) is 4.03. The monoisotopic (exact) mass is 233 g/mol. The smallest absolute Gasteiger partial charge is 0.309 e. The number of H-pyrrole nitrogens is 1. The summed E-state index contributed by atoms with van der Waals surface area (Å²) in [7, 11) is 0. The second-order valence-corrected chi connectivity index (χ2v) is 4.90. The van der Waals surface area contributed by atoms with E-state index in [0.29, 0.717) is 6.61 Å². The van der Waals surface area contributed by atoms with Gasteiger partial charge in [0.2, 0.25) is 5.56 Å². The fraction of sp³-hybridized carbons (Fsp3) is 0.538. The number of aryl methyl sites for hydroxylation is 1. The maximum atomic E-state index is 11.8. The van der Waals surface area contributed by atoms with Gasteiger partial charge in [0.1, 0.15) is 0 Å². The molecule has 1 aromatic rings. The number of nitrogens with one attached hydrogen (secondary N) is 1. The number of fused-ring (bicyclic) bond motifs is 2. The van der Waals surface area contributed by atoms with Gasteiger partial charge in [-0.15, -0.1) is 0 Å². The molecule has 0 radical (unpaired) electrons. The number of hydrogen-bond acceptors (Lipinski definition) is 3. The molecule has 1 saturated carbocycles. The maximum Gasteiger partial charge on any atom is 0.309 e. The molecule has 0 saturated heterocycles. The lowest BCUT2D eigenvalue weighted by Crippen LogP contribution is -2.17. The normalized spacial score (nSPS) is 29.1. The van der Waals surface area contributed by atoms with E-state index >= 15 is 0 Å². The minimum atomic E-state index is -0.111. The highest BCUT2D eigenvalue weighted by Gasteiger charge is 2.62. The third-order valence-corrected chi connectivity index (χ3v) is 4.03. The number of aromatic amines is 1. The predicted octanol–water partition coefficient (Wildman–Crippen LogP) is 1.14. The van der Waals surface area contributed by atoms with E-state index in [-0.39, 0.29) is 22.9 Å². The van der Waals surface area contributed by atoms with E-state index in [1.54, 1.807) is 12.3 Å². The average Bonchev–Trinajstić information content (AvgIpc) is 2.93. The Kier molecular flexibility index (Phi) is 2.15. The molecule has 1 unspecified atom stereocenters. The summed E-state index contributed by atoms with van der Waals surface area (Å²) >= 11 is 0. The van der Waals surface area contributed by atoms with Crippen LogP contribution in [0.15, 0.2) is 17.1 Å². The molecule has 1 aromatic heterocycles. The highest BCUT2D eigenvalue weighted by atomic mass is 16.5. The fourth-order valence-electron chi connectivity index (χ4n) is 3.10. The summed E-state index contributed by atoms with van der Waals surface area (Å²) in [6.45, 7) is 2.24. The highest BCUT2D eigenvalue weighted by molar-refractivity contribution is 5.80. The lowest BCUT2D eigenvalue weighted by molar-refractivity contribution is -0.145. The van der Waals surface area contributed by atoms with Crippen LogP contribution >= 0.6 is 0 Å². The Balaban J connectivity index is 1.93. The molecule has 1 spiro atoms. The van der Waals surface area contributed by atoms with E-state index in [1.807, 2.05) is 6.92 Å². The van der Waals surface area contributed by atoms with E-state index < -0.39 is 0 Å². The lowest BCUT2D eigenvalue weighted by Gasteiger charge is -2.10. The van der Waals surface area contributed by atoms with Gasteiger partial charge in [0, 0.05) is 17.7 Å². The molecule has 90 valence electrons. The van der Waals surface area contributed by atoms with Crippen LogP contribution in [0.2, 0.25) is 0 Å². The number of hydrogen-bond donors (Lipinski definition) is 1. The molecule has 0 bridgehead atoms. The molecule has 2 aliphatic carbocycles. The van der Waals surface area contributed by atoms with Crippen molar-refractivity contribution in [3.05, 3.63) is 33.7 Å². The zero-order valence-corrected chi connectivity index (χ0v) is 9.79. The predicted molar refractivity (Wildman–Crippen MR) is 61.8 cm³/mol. The number of esters is 1. The molecule has 1 heterocycles. The summed E-state index contributed by atoms with van der Waals surface area (Å²) in [5.74, 6) is -0.147. The summed E-state index contributed by atoms with van der Waals surface area (Å²) in [5, 5.41) is 0. The van der Waals surface area contributed by atoms with Gasteiger partial charge < -0.3 is 9.72 Å². The van der Waals surface area contributed by atoms with Crippen molar-refractivity contribution in [3.8, 4) is 0 Å². The van der Waals surface area contributed by atoms with Crippen molar-refractivity contribution in [1.82, 2.24) is 4.98 Å². The van der Waals surface area contributed by atoms with Crippen molar-refractivity contribution in [2.75, 3.05) is 6.61 Å². The molecule has 3 rings (SSSR count). The number of carbonyl (C=O) groups excluding carboxylic acids is 1. The quantitative estimate of drug-likeness (QED) is 0.779. The summed E-state index contributed by atoms with van der Waals surface area (Å²) in [4.78, 5) is 25.8. The molecule has 1 fully saturated rings. The molecular formula is C13H15NO3. The molecule has 2 aliphatic rings. The maximum absolute atomic E-state index is 11.8. The van der Waals surface area contributed by atoms with Gasteiger partial charge in [0.25, 0.3) is 0 Å². The Morgan fingerprint density at radius 3 is 3.24 bits per heavy atom. The van der Waals surface area contributed by atoms with Crippen LogP contribution in [0.5, 0.6) is 0 Å². The standard InChI is InChI=1S/C13H15NO3/c1-2-17-12(16)10-6-13(10)4-3-8-7-14-11(15)5-9(8)13/h5,7,10H,2-4,6H2,1H3,(H,14,15)/t10?,13-/m1/s1. The summed E-state index contributed by atoms with van der Waals surface area (Å²) in [5.41, 5.74) is 2.07. The summed E-state index contributed by atoms with van der Waals surface area (Å²) < 4.78 is 5.07. The molecule has 0 aliphatic heterocycles. The third kappa shape index (κ3) is 1.43. The molecule has 4 nitrogen and oxygen atoms in total. The average molecular weight is 233 g/mol. The van der Waals surface area contributed by atoms with Gasteiger partial charge in [-0.2, -0.15) is 0 Å². The van der Waals surface area contributed by atoms with Gasteiger partial charge >= 0.3 is 5.97 Å². The van der Waals surface area contributed by atoms with E-state index in [2.05, 4.69) is 4.98 Å². The van der Waals surface area contributed by atoms with E-state index in [4.69, 9.17) is 4.74 Å². The number of rotatable bonds is 2. The first-order valence-corrected chi connectivity index (χ1v) is 6.06. The molecule has 0 amide bonds. The Labute approximate surface area is 99.0 Å². The molecule has 17 heavy (non-hydrogen) atoms. The van der Waals surface area contributed by atoms with Gasteiger partial charge in [0.15, 0.2) is 0 Å². The van der Waals surface area contributed by atoms with E-state index in [9.17, 15) is 9.59 Å². The zero-order chi connectivity index (χ0) is 12.0. The second-order valence-electron chi connectivity index (χ2n) is 4.90. The van der Waals surface area contributed by atoms with Crippen LogP contribution in [0, 0.1) is 5.92 Å². The van der Waals surface area contributed by atoms with Crippen molar-refractivity contribution < 1.29 is 9.53 Å². The second kappa shape index (κ2) is 3.45. The number of carbonyl (C=O) groups is 1.